The van der Waals surface area contributed by atoms with Crippen molar-refractivity contribution in [3.05, 3.63) is 51.5 Å². The zero-order valence-electron chi connectivity index (χ0n) is 16.5. The van der Waals surface area contributed by atoms with Crippen LogP contribution in [-0.2, 0) is 17.7 Å². The van der Waals surface area contributed by atoms with Crippen LogP contribution in [0.5, 0.6) is 0 Å². The van der Waals surface area contributed by atoms with E-state index in [1.165, 1.54) is 11.1 Å². The molecule has 0 fully saturated rings. The Kier molecular flexibility index (Phi) is 8.06. The Morgan fingerprint density at radius 2 is 2.08 bits per heavy atom. The summed E-state index contributed by atoms with van der Waals surface area (Å²) in [5.74, 6) is 0.911. The predicted octanol–water partition coefficient (Wildman–Crippen LogP) is 3.80. The van der Waals surface area contributed by atoms with Crippen LogP contribution >= 0.6 is 11.3 Å². The number of hydrogen-bond donors (Lipinski definition) is 1. The Morgan fingerprint density at radius 3 is 2.73 bits per heavy atom. The molecule has 6 heteroatoms. The minimum absolute atomic E-state index is 0.0375. The summed E-state index contributed by atoms with van der Waals surface area (Å²) in [6.07, 6.45) is 0.977. The molecule has 0 amide bonds. The van der Waals surface area contributed by atoms with Crippen LogP contribution in [0, 0.1) is 6.92 Å². The van der Waals surface area contributed by atoms with Gasteiger partial charge in [0, 0.05) is 32.6 Å². The number of rotatable bonds is 8. The molecule has 5 nitrogen and oxygen atoms in total. The molecule has 1 unspecified atom stereocenters. The molecule has 0 aliphatic carbocycles. The summed E-state index contributed by atoms with van der Waals surface area (Å²) in [6.45, 7) is 8.55. The van der Waals surface area contributed by atoms with E-state index in [1.54, 1.807) is 18.4 Å². The molecule has 1 aromatic carbocycles. The molecule has 0 radical (unpaired) electrons. The number of thiazole rings is 1. The van der Waals surface area contributed by atoms with Crippen molar-refractivity contribution in [2.24, 2.45) is 4.99 Å². The summed E-state index contributed by atoms with van der Waals surface area (Å²) in [4.78, 5) is 11.6. The lowest BCUT2D eigenvalue weighted by molar-refractivity contribution is 0.119. The van der Waals surface area contributed by atoms with E-state index in [-0.39, 0.29) is 6.10 Å². The highest BCUT2D eigenvalue weighted by Crippen LogP contribution is 2.20. The molecular weight excluding hydrogens is 344 g/mol. The standard InChI is InChI=1S/C20H30N4OS/c1-6-21-20(22-12-11-17-9-7-15(2)8-10-17)24(4)13-18-14-26-19(23-18)16(3)25-5/h7-10,14,16H,6,11-13H2,1-5H3,(H,21,22). The topological polar surface area (TPSA) is 49.8 Å². The first-order chi connectivity index (χ1) is 12.5. The second-order valence-corrected chi connectivity index (χ2v) is 7.27. The quantitative estimate of drug-likeness (QED) is 0.564. The molecule has 2 aromatic rings. The molecule has 0 saturated carbocycles. The summed E-state index contributed by atoms with van der Waals surface area (Å²) in [7, 11) is 3.76. The van der Waals surface area contributed by atoms with Gasteiger partial charge in [-0.05, 0) is 32.8 Å². The normalized spacial score (nSPS) is 12.9. The maximum Gasteiger partial charge on any atom is 0.194 e. The number of nitrogens with one attached hydrogen (secondary N) is 1. The molecular formula is C20H30N4OS. The highest BCUT2D eigenvalue weighted by atomic mass is 32.1. The molecule has 142 valence electrons. The molecule has 1 aromatic heterocycles. The second kappa shape index (κ2) is 10.3. The fourth-order valence-corrected chi connectivity index (χ4v) is 3.36. The number of methoxy groups -OCH3 is 1. The molecule has 2 rings (SSSR count). The average molecular weight is 375 g/mol. The minimum atomic E-state index is 0.0375. The van der Waals surface area contributed by atoms with Gasteiger partial charge in [-0.2, -0.15) is 0 Å². The van der Waals surface area contributed by atoms with E-state index >= 15 is 0 Å². The fourth-order valence-electron chi connectivity index (χ4n) is 2.52. The maximum absolute atomic E-state index is 5.34. The van der Waals surface area contributed by atoms with Crippen LogP contribution in [0.4, 0.5) is 0 Å². The lowest BCUT2D eigenvalue weighted by Gasteiger charge is -2.21. The number of ether oxygens (including phenoxy) is 1. The van der Waals surface area contributed by atoms with Gasteiger partial charge in [0.25, 0.3) is 0 Å². The van der Waals surface area contributed by atoms with Crippen molar-refractivity contribution in [3.8, 4) is 0 Å². The smallest absolute Gasteiger partial charge is 0.194 e. The Morgan fingerprint density at radius 1 is 1.35 bits per heavy atom. The SMILES string of the molecule is CCNC(=NCCc1ccc(C)cc1)N(C)Cc1csc(C(C)OC)n1. The third-order valence-electron chi connectivity index (χ3n) is 4.15. The Hall–Kier alpha value is -1.92. The van der Waals surface area contributed by atoms with Gasteiger partial charge in [-0.15, -0.1) is 11.3 Å². The van der Waals surface area contributed by atoms with Crippen molar-refractivity contribution >= 4 is 17.3 Å². The molecule has 0 aliphatic rings. The van der Waals surface area contributed by atoms with Crippen LogP contribution in [0.1, 0.15) is 41.8 Å². The molecule has 0 bridgehead atoms. The molecule has 26 heavy (non-hydrogen) atoms. The van der Waals surface area contributed by atoms with Crippen LogP contribution in [0.15, 0.2) is 34.6 Å². The van der Waals surface area contributed by atoms with Gasteiger partial charge < -0.3 is 15.0 Å². The lowest BCUT2D eigenvalue weighted by atomic mass is 10.1. The first-order valence-electron chi connectivity index (χ1n) is 9.05. The van der Waals surface area contributed by atoms with Crippen molar-refractivity contribution < 1.29 is 4.74 Å². The zero-order valence-corrected chi connectivity index (χ0v) is 17.3. The largest absolute Gasteiger partial charge is 0.375 e. The molecule has 1 N–H and O–H groups in total. The number of aliphatic imine (C=N–C) groups is 1. The third-order valence-corrected chi connectivity index (χ3v) is 5.20. The van der Waals surface area contributed by atoms with E-state index in [0.717, 1.165) is 42.7 Å². The minimum Gasteiger partial charge on any atom is -0.375 e. The van der Waals surface area contributed by atoms with Gasteiger partial charge >= 0.3 is 0 Å². The fraction of sp³-hybridized carbons (Fsp3) is 0.500. The molecule has 1 atom stereocenters. The van der Waals surface area contributed by atoms with Crippen LogP contribution in [0.2, 0.25) is 0 Å². The molecule has 1 heterocycles. The number of guanidine groups is 1. The second-order valence-electron chi connectivity index (χ2n) is 6.38. The van der Waals surface area contributed by atoms with E-state index in [9.17, 15) is 0 Å². The van der Waals surface area contributed by atoms with Gasteiger partial charge in [-0.1, -0.05) is 29.8 Å². The summed E-state index contributed by atoms with van der Waals surface area (Å²) >= 11 is 1.64. The summed E-state index contributed by atoms with van der Waals surface area (Å²) in [5.41, 5.74) is 3.65. The first kappa shape index (κ1) is 20.4. The third kappa shape index (κ3) is 6.11. The zero-order chi connectivity index (χ0) is 18.9. The van der Waals surface area contributed by atoms with Crippen molar-refractivity contribution in [2.75, 3.05) is 27.2 Å². The van der Waals surface area contributed by atoms with Gasteiger partial charge in [0.1, 0.15) is 11.1 Å². The van der Waals surface area contributed by atoms with Crippen LogP contribution in [0.3, 0.4) is 0 Å². The highest BCUT2D eigenvalue weighted by molar-refractivity contribution is 7.09. The summed E-state index contributed by atoms with van der Waals surface area (Å²) in [6, 6.07) is 8.65. The number of benzene rings is 1. The number of hydrogen-bond acceptors (Lipinski definition) is 4. The number of aryl methyl sites for hydroxylation is 1. The van der Waals surface area contributed by atoms with Gasteiger partial charge in [0.15, 0.2) is 5.96 Å². The van der Waals surface area contributed by atoms with Gasteiger partial charge in [-0.3, -0.25) is 4.99 Å². The Bertz CT molecular complexity index is 696. The van der Waals surface area contributed by atoms with Crippen molar-refractivity contribution in [2.45, 2.75) is 39.8 Å². The number of aromatic nitrogens is 1. The molecule has 0 aliphatic heterocycles. The predicted molar refractivity (Wildman–Crippen MR) is 110 cm³/mol. The highest BCUT2D eigenvalue weighted by Gasteiger charge is 2.12. The van der Waals surface area contributed by atoms with Crippen molar-refractivity contribution in [1.82, 2.24) is 15.2 Å². The monoisotopic (exact) mass is 374 g/mol. The van der Waals surface area contributed by atoms with Gasteiger partial charge in [0.2, 0.25) is 0 Å². The van der Waals surface area contributed by atoms with E-state index in [0.29, 0.717) is 0 Å². The van der Waals surface area contributed by atoms with E-state index < -0.39 is 0 Å². The Balaban J connectivity index is 1.95. The van der Waals surface area contributed by atoms with E-state index in [4.69, 9.17) is 9.73 Å². The molecule has 0 saturated heterocycles. The number of nitrogens with zero attached hydrogens (tertiary/aromatic N) is 3. The summed E-state index contributed by atoms with van der Waals surface area (Å²) in [5, 5.41) is 6.47. The van der Waals surface area contributed by atoms with Gasteiger partial charge in [0.05, 0.1) is 12.2 Å². The average Bonchev–Trinajstić information content (AvgIpc) is 3.10. The molecule has 0 spiro atoms. The van der Waals surface area contributed by atoms with E-state index in [2.05, 4.69) is 58.7 Å². The van der Waals surface area contributed by atoms with Crippen molar-refractivity contribution in [3.63, 3.8) is 0 Å². The Labute approximate surface area is 161 Å². The summed E-state index contributed by atoms with van der Waals surface area (Å²) < 4.78 is 5.34. The van der Waals surface area contributed by atoms with Crippen molar-refractivity contribution in [1.29, 1.82) is 0 Å². The van der Waals surface area contributed by atoms with Gasteiger partial charge in [-0.25, -0.2) is 4.98 Å². The van der Waals surface area contributed by atoms with Crippen LogP contribution < -0.4 is 5.32 Å². The van der Waals surface area contributed by atoms with Crippen LogP contribution in [-0.4, -0.2) is 43.1 Å². The lowest BCUT2D eigenvalue weighted by Crippen LogP contribution is -2.38. The van der Waals surface area contributed by atoms with Crippen LogP contribution in [0.25, 0.3) is 0 Å². The maximum atomic E-state index is 5.34. The van der Waals surface area contributed by atoms with E-state index in [1.807, 2.05) is 14.0 Å². The first-order valence-corrected chi connectivity index (χ1v) is 9.93.